The van der Waals surface area contributed by atoms with Gasteiger partial charge in [0, 0.05) is 25.1 Å². The lowest BCUT2D eigenvalue weighted by Gasteiger charge is -2.32. The molecule has 1 heterocycles. The van der Waals surface area contributed by atoms with Crippen LogP contribution in [0.3, 0.4) is 0 Å². The van der Waals surface area contributed by atoms with Crippen molar-refractivity contribution in [3.8, 4) is 0 Å². The van der Waals surface area contributed by atoms with E-state index in [1.807, 2.05) is 0 Å². The number of benzene rings is 1. The van der Waals surface area contributed by atoms with Gasteiger partial charge in [0.25, 0.3) is 5.91 Å². The van der Waals surface area contributed by atoms with Crippen molar-refractivity contribution in [3.63, 3.8) is 0 Å². The number of nitrogens with one attached hydrogen (secondary N) is 2. The van der Waals surface area contributed by atoms with E-state index >= 15 is 0 Å². The van der Waals surface area contributed by atoms with E-state index in [1.54, 1.807) is 20.8 Å². The van der Waals surface area contributed by atoms with Gasteiger partial charge in [-0.05, 0) is 42.2 Å². The third-order valence-corrected chi connectivity index (χ3v) is 8.15. The van der Waals surface area contributed by atoms with Crippen LogP contribution in [0.15, 0.2) is 12.1 Å². The number of carboxylic acid groups (broad SMARTS) is 1. The Morgan fingerprint density at radius 3 is 2.17 bits per heavy atom. The molecule has 2 fully saturated rings. The zero-order chi connectivity index (χ0) is 31.4. The molecular weight excluding hydrogens is 562 g/mol. The van der Waals surface area contributed by atoms with E-state index in [4.69, 9.17) is 5.11 Å². The Morgan fingerprint density at radius 1 is 1.05 bits per heavy atom. The highest BCUT2D eigenvalue weighted by Gasteiger charge is 2.46. The number of nitrogens with zero attached hydrogens (tertiary/aromatic N) is 1. The van der Waals surface area contributed by atoms with E-state index in [0.717, 1.165) is 25.7 Å². The standard InChI is InChI=1S/C29H39F4N3O6/c1-29(2,3)24(37)27(40)36-14-17(15-6-4-5-7-15)12-22(36)26(39)35-21(13-23(32)33)25(38)34-9-8-18-19(30)10-16(28(41)42)11-20(18)31/h10-11,15,17,21-24,37H,4-9,12-14H2,1-3H3,(H,34,38)(H,35,39)(H,41,42). The predicted octanol–water partition coefficient (Wildman–Crippen LogP) is 3.28. The summed E-state index contributed by atoms with van der Waals surface area (Å²) in [7, 11) is 0. The second-order valence-corrected chi connectivity index (χ2v) is 12.3. The number of aromatic carboxylic acids is 1. The Morgan fingerprint density at radius 2 is 1.64 bits per heavy atom. The third kappa shape index (κ3) is 8.20. The fourth-order valence-corrected chi connectivity index (χ4v) is 5.74. The summed E-state index contributed by atoms with van der Waals surface area (Å²) in [6.45, 7) is 4.88. The molecule has 4 N–H and O–H groups in total. The molecule has 1 saturated heterocycles. The first-order valence-corrected chi connectivity index (χ1v) is 14.2. The molecule has 42 heavy (non-hydrogen) atoms. The molecule has 9 nitrogen and oxygen atoms in total. The van der Waals surface area contributed by atoms with E-state index in [0.29, 0.717) is 12.1 Å². The van der Waals surface area contributed by atoms with E-state index in [9.17, 15) is 41.8 Å². The number of carboxylic acids is 1. The van der Waals surface area contributed by atoms with Crippen molar-refractivity contribution in [2.45, 2.75) is 90.3 Å². The second-order valence-electron chi connectivity index (χ2n) is 12.3. The van der Waals surface area contributed by atoms with Crippen molar-refractivity contribution in [3.05, 3.63) is 34.9 Å². The molecule has 1 aliphatic heterocycles. The average molecular weight is 602 g/mol. The van der Waals surface area contributed by atoms with Crippen LogP contribution < -0.4 is 10.6 Å². The molecule has 1 aromatic carbocycles. The van der Waals surface area contributed by atoms with E-state index < -0.39 is 89.3 Å². The molecule has 3 rings (SSSR count). The molecule has 3 amide bonds. The predicted molar refractivity (Wildman–Crippen MR) is 144 cm³/mol. The lowest BCUT2D eigenvalue weighted by atomic mass is 9.88. The summed E-state index contributed by atoms with van der Waals surface area (Å²) in [5.41, 5.74) is -1.90. The Labute approximate surface area is 242 Å². The number of carbonyl (C=O) groups excluding carboxylic acids is 3. The normalized spacial score (nSPS) is 20.9. The monoisotopic (exact) mass is 601 g/mol. The minimum absolute atomic E-state index is 0.0148. The van der Waals surface area contributed by atoms with Crippen molar-refractivity contribution in [2.24, 2.45) is 17.3 Å². The Kier molecular flexibility index (Phi) is 11.0. The quantitative estimate of drug-likeness (QED) is 0.288. The molecule has 13 heteroatoms. The van der Waals surface area contributed by atoms with Gasteiger partial charge in [-0.1, -0.05) is 46.5 Å². The fraction of sp³-hybridized carbons (Fsp3) is 0.655. The summed E-state index contributed by atoms with van der Waals surface area (Å²) in [6.07, 6.45) is -1.60. The van der Waals surface area contributed by atoms with Crippen LogP contribution in [0.1, 0.15) is 75.2 Å². The van der Waals surface area contributed by atoms with E-state index in [-0.39, 0.29) is 31.3 Å². The molecule has 1 aliphatic carbocycles. The number of amides is 3. The van der Waals surface area contributed by atoms with Crippen molar-refractivity contribution in [1.82, 2.24) is 15.5 Å². The number of aliphatic hydroxyl groups excluding tert-OH is 1. The van der Waals surface area contributed by atoms with Gasteiger partial charge >= 0.3 is 5.97 Å². The number of carbonyl (C=O) groups is 4. The van der Waals surface area contributed by atoms with Crippen molar-refractivity contribution in [2.75, 3.05) is 13.1 Å². The molecular formula is C29H39F4N3O6. The molecule has 0 bridgehead atoms. The number of aliphatic hydroxyl groups is 1. The van der Waals surface area contributed by atoms with Gasteiger partial charge < -0.3 is 25.7 Å². The van der Waals surface area contributed by atoms with Crippen molar-refractivity contribution in [1.29, 1.82) is 0 Å². The molecule has 234 valence electrons. The van der Waals surface area contributed by atoms with Crippen molar-refractivity contribution < 1.29 is 47.0 Å². The maximum absolute atomic E-state index is 14.2. The largest absolute Gasteiger partial charge is 0.478 e. The first kappa shape index (κ1) is 33.3. The van der Waals surface area contributed by atoms with Gasteiger partial charge in [0.15, 0.2) is 0 Å². The van der Waals surface area contributed by atoms with Crippen LogP contribution in [0, 0.1) is 28.9 Å². The maximum atomic E-state index is 14.2. The molecule has 4 unspecified atom stereocenters. The SMILES string of the molecule is CC(C)(C)C(O)C(=O)N1CC(C2CCCC2)CC1C(=O)NC(CC(F)F)C(=O)NCCc1c(F)cc(C(=O)O)cc1F. The average Bonchev–Trinajstić information content (AvgIpc) is 3.58. The highest BCUT2D eigenvalue weighted by atomic mass is 19.3. The molecule has 0 aromatic heterocycles. The molecule has 2 aliphatic rings. The Hall–Kier alpha value is -3.22. The van der Waals surface area contributed by atoms with Gasteiger partial charge in [-0.15, -0.1) is 0 Å². The summed E-state index contributed by atoms with van der Waals surface area (Å²) in [5, 5.41) is 24.2. The first-order valence-electron chi connectivity index (χ1n) is 14.2. The number of alkyl halides is 2. The molecule has 1 saturated carbocycles. The molecule has 1 aromatic rings. The molecule has 0 radical (unpaired) electrons. The van der Waals surface area contributed by atoms with E-state index in [2.05, 4.69) is 10.6 Å². The number of rotatable bonds is 11. The smallest absolute Gasteiger partial charge is 0.335 e. The van der Waals surface area contributed by atoms with Gasteiger partial charge in [0.2, 0.25) is 18.2 Å². The zero-order valence-electron chi connectivity index (χ0n) is 24.0. The summed E-state index contributed by atoms with van der Waals surface area (Å²) < 4.78 is 55.3. The molecule has 4 atom stereocenters. The third-order valence-electron chi connectivity index (χ3n) is 8.15. The van der Waals surface area contributed by atoms with Crippen LogP contribution in [0.2, 0.25) is 0 Å². The van der Waals surface area contributed by atoms with E-state index in [1.165, 1.54) is 4.90 Å². The van der Waals surface area contributed by atoms with Gasteiger partial charge in [-0.3, -0.25) is 14.4 Å². The van der Waals surface area contributed by atoms with Gasteiger partial charge in [0.1, 0.15) is 29.8 Å². The highest BCUT2D eigenvalue weighted by Crippen LogP contribution is 2.39. The van der Waals surface area contributed by atoms with Crippen LogP contribution in [0.5, 0.6) is 0 Å². The minimum atomic E-state index is -2.98. The summed E-state index contributed by atoms with van der Waals surface area (Å²) in [6, 6.07) is -1.50. The van der Waals surface area contributed by atoms with Crippen LogP contribution in [0.4, 0.5) is 17.6 Å². The first-order chi connectivity index (χ1) is 19.6. The number of hydrogen-bond acceptors (Lipinski definition) is 5. The lowest BCUT2D eigenvalue weighted by molar-refractivity contribution is -0.150. The van der Waals surface area contributed by atoms with Crippen LogP contribution in [0.25, 0.3) is 0 Å². The van der Waals surface area contributed by atoms with Crippen LogP contribution >= 0.6 is 0 Å². The molecule has 0 spiro atoms. The number of halogens is 4. The van der Waals surface area contributed by atoms with Crippen LogP contribution in [-0.4, -0.2) is 76.5 Å². The fourth-order valence-electron chi connectivity index (χ4n) is 5.74. The summed E-state index contributed by atoms with van der Waals surface area (Å²) >= 11 is 0. The Bertz CT molecular complexity index is 1150. The zero-order valence-corrected chi connectivity index (χ0v) is 24.0. The van der Waals surface area contributed by atoms with Gasteiger partial charge in [-0.2, -0.15) is 0 Å². The summed E-state index contributed by atoms with van der Waals surface area (Å²) in [4.78, 5) is 51.7. The Balaban J connectivity index is 1.71. The minimum Gasteiger partial charge on any atom is -0.478 e. The number of hydrogen-bond donors (Lipinski definition) is 4. The lowest BCUT2D eigenvalue weighted by Crippen LogP contribution is -2.55. The van der Waals surface area contributed by atoms with Crippen molar-refractivity contribution >= 4 is 23.7 Å². The summed E-state index contributed by atoms with van der Waals surface area (Å²) in [5.74, 6) is -5.98. The van der Waals surface area contributed by atoms with Crippen LogP contribution in [-0.2, 0) is 20.8 Å². The topological polar surface area (TPSA) is 136 Å². The number of likely N-dealkylation sites (tertiary alicyclic amines) is 1. The van der Waals surface area contributed by atoms with Gasteiger partial charge in [0.05, 0.1) is 5.56 Å². The van der Waals surface area contributed by atoms with Gasteiger partial charge in [-0.25, -0.2) is 22.4 Å². The highest BCUT2D eigenvalue weighted by molar-refractivity contribution is 5.93. The maximum Gasteiger partial charge on any atom is 0.335 e. The second kappa shape index (κ2) is 13.8.